The highest BCUT2D eigenvalue weighted by Gasteiger charge is 2.16. The van der Waals surface area contributed by atoms with E-state index in [2.05, 4.69) is 15.9 Å². The summed E-state index contributed by atoms with van der Waals surface area (Å²) in [6.07, 6.45) is 7.04. The van der Waals surface area contributed by atoms with Crippen molar-refractivity contribution in [1.29, 1.82) is 0 Å². The number of hydrogen-bond acceptors (Lipinski definition) is 5. The first-order valence-corrected chi connectivity index (χ1v) is 7.52. The zero-order chi connectivity index (χ0) is 16.8. The summed E-state index contributed by atoms with van der Waals surface area (Å²) in [5.74, 6) is 3.30. The van der Waals surface area contributed by atoms with Crippen LogP contribution < -0.4 is 5.06 Å². The molecule has 0 unspecified atom stereocenters. The highest BCUT2D eigenvalue weighted by atomic mass is 16.7. The van der Waals surface area contributed by atoms with Gasteiger partial charge in [0.1, 0.15) is 6.33 Å². The average molecular weight is 319 g/mol. The summed E-state index contributed by atoms with van der Waals surface area (Å²) in [6.45, 7) is 0.851. The highest BCUT2D eigenvalue weighted by Crippen LogP contribution is 2.30. The Hall–Kier alpha value is -2.94. The molecule has 0 aliphatic rings. The molecule has 5 heteroatoms. The van der Waals surface area contributed by atoms with Gasteiger partial charge in [-0.2, -0.15) is 0 Å². The van der Waals surface area contributed by atoms with Crippen LogP contribution in [-0.4, -0.2) is 30.3 Å². The fraction of sp³-hybridized carbons (Fsp3) is 0.158. The van der Waals surface area contributed by atoms with E-state index < -0.39 is 0 Å². The molecule has 3 rings (SSSR count). The summed E-state index contributed by atoms with van der Waals surface area (Å²) in [4.78, 5) is 14.6. The Morgan fingerprint density at radius 3 is 2.79 bits per heavy atom. The molecule has 0 aliphatic heterocycles. The first-order chi connectivity index (χ1) is 11.8. The van der Waals surface area contributed by atoms with Gasteiger partial charge in [-0.3, -0.25) is 4.84 Å². The summed E-state index contributed by atoms with van der Waals surface area (Å²) in [7, 11) is 1.63. The van der Waals surface area contributed by atoms with E-state index in [1.54, 1.807) is 12.2 Å². The lowest BCUT2D eigenvalue weighted by molar-refractivity contribution is 0.0703. The topological polar surface area (TPSA) is 47.5 Å². The van der Waals surface area contributed by atoms with Crippen molar-refractivity contribution in [2.24, 2.45) is 0 Å². The van der Waals surface area contributed by atoms with Gasteiger partial charge in [0, 0.05) is 18.1 Å². The van der Waals surface area contributed by atoms with Crippen LogP contribution in [0.25, 0.3) is 10.9 Å². The second kappa shape index (κ2) is 7.55. The third-order valence-electron chi connectivity index (χ3n) is 3.47. The van der Waals surface area contributed by atoms with Gasteiger partial charge < -0.3 is 4.74 Å². The molecule has 0 aliphatic carbocycles. The van der Waals surface area contributed by atoms with E-state index in [0.717, 1.165) is 22.2 Å². The summed E-state index contributed by atoms with van der Waals surface area (Å²) in [6, 6.07) is 15.3. The van der Waals surface area contributed by atoms with Gasteiger partial charge in [0.25, 0.3) is 0 Å². The molecule has 0 saturated heterocycles. The van der Waals surface area contributed by atoms with Crippen LogP contribution in [0, 0.1) is 12.3 Å². The lowest BCUT2D eigenvalue weighted by Gasteiger charge is -2.24. The van der Waals surface area contributed by atoms with Crippen molar-refractivity contribution in [2.75, 3.05) is 25.4 Å². The Bertz CT molecular complexity index is 868. The molecular weight excluding hydrogens is 302 g/mol. The van der Waals surface area contributed by atoms with Crippen molar-refractivity contribution in [3.05, 3.63) is 60.4 Å². The third-order valence-corrected chi connectivity index (χ3v) is 3.47. The van der Waals surface area contributed by atoms with Crippen molar-refractivity contribution >= 4 is 22.4 Å². The second-order valence-corrected chi connectivity index (χ2v) is 5.03. The molecule has 120 valence electrons. The fourth-order valence-electron chi connectivity index (χ4n) is 2.34. The lowest BCUT2D eigenvalue weighted by Crippen LogP contribution is -2.21. The van der Waals surface area contributed by atoms with Crippen molar-refractivity contribution in [1.82, 2.24) is 9.97 Å². The second-order valence-electron chi connectivity index (χ2n) is 5.03. The standard InChI is InChI=1S/C19H17N3O2/c1-3-15-7-6-8-16(13-15)22(24-12-11-23-2)19-17-9-4-5-10-18(17)20-14-21-19/h1,4-10,13-14H,11-12H2,2H3. The van der Waals surface area contributed by atoms with E-state index in [1.165, 1.54) is 6.33 Å². The molecule has 2 aromatic carbocycles. The summed E-state index contributed by atoms with van der Waals surface area (Å²) >= 11 is 0. The van der Waals surface area contributed by atoms with Crippen LogP contribution in [-0.2, 0) is 9.57 Å². The molecule has 0 atom stereocenters. The normalized spacial score (nSPS) is 10.5. The van der Waals surface area contributed by atoms with Crippen LogP contribution in [0.2, 0.25) is 0 Å². The smallest absolute Gasteiger partial charge is 0.169 e. The zero-order valence-corrected chi connectivity index (χ0v) is 13.3. The Morgan fingerprint density at radius 2 is 1.96 bits per heavy atom. The minimum absolute atomic E-state index is 0.384. The summed E-state index contributed by atoms with van der Waals surface area (Å²) < 4.78 is 5.08. The van der Waals surface area contributed by atoms with Crippen molar-refractivity contribution in [3.63, 3.8) is 0 Å². The number of benzene rings is 2. The minimum atomic E-state index is 0.384. The third kappa shape index (κ3) is 3.35. The van der Waals surface area contributed by atoms with Gasteiger partial charge >= 0.3 is 0 Å². The SMILES string of the molecule is C#Cc1cccc(N(OCCOC)c2ncnc3ccccc23)c1. The molecule has 24 heavy (non-hydrogen) atoms. The van der Waals surface area contributed by atoms with Gasteiger partial charge in [-0.1, -0.05) is 24.1 Å². The van der Waals surface area contributed by atoms with Gasteiger partial charge in [0.2, 0.25) is 0 Å². The molecule has 0 fully saturated rings. The lowest BCUT2D eigenvalue weighted by atomic mass is 10.2. The van der Waals surface area contributed by atoms with Crippen molar-refractivity contribution in [3.8, 4) is 12.3 Å². The Morgan fingerprint density at radius 1 is 1.08 bits per heavy atom. The van der Waals surface area contributed by atoms with Gasteiger partial charge in [0.15, 0.2) is 5.82 Å². The molecule has 1 aromatic heterocycles. The average Bonchev–Trinajstić information content (AvgIpc) is 2.65. The molecule has 5 nitrogen and oxygen atoms in total. The first kappa shape index (κ1) is 15.9. The van der Waals surface area contributed by atoms with Crippen LogP contribution in [0.1, 0.15) is 5.56 Å². The predicted molar refractivity (Wildman–Crippen MR) is 93.9 cm³/mol. The number of methoxy groups -OCH3 is 1. The van der Waals surface area contributed by atoms with E-state index in [1.807, 2.05) is 48.5 Å². The van der Waals surface area contributed by atoms with Crippen molar-refractivity contribution < 1.29 is 9.57 Å². The molecule has 1 heterocycles. The number of aromatic nitrogens is 2. The van der Waals surface area contributed by atoms with Gasteiger partial charge in [0.05, 0.1) is 24.4 Å². The number of ether oxygens (including phenoxy) is 1. The van der Waals surface area contributed by atoms with Crippen LogP contribution in [0.3, 0.4) is 0 Å². The maximum atomic E-state index is 5.91. The van der Waals surface area contributed by atoms with E-state index in [-0.39, 0.29) is 0 Å². The number of hydrogen-bond donors (Lipinski definition) is 0. The molecule has 0 spiro atoms. The summed E-state index contributed by atoms with van der Waals surface area (Å²) in [5.41, 5.74) is 2.41. The molecule has 0 amide bonds. The Labute approximate surface area is 140 Å². The monoisotopic (exact) mass is 319 g/mol. The maximum Gasteiger partial charge on any atom is 0.169 e. The van der Waals surface area contributed by atoms with E-state index in [9.17, 15) is 0 Å². The number of fused-ring (bicyclic) bond motifs is 1. The summed E-state index contributed by atoms with van der Waals surface area (Å²) in [5, 5.41) is 2.56. The fourth-order valence-corrected chi connectivity index (χ4v) is 2.34. The van der Waals surface area contributed by atoms with Crippen molar-refractivity contribution in [2.45, 2.75) is 0 Å². The van der Waals surface area contributed by atoms with Crippen LogP contribution in [0.4, 0.5) is 11.5 Å². The maximum absolute atomic E-state index is 5.91. The quantitative estimate of drug-likeness (QED) is 0.396. The van der Waals surface area contributed by atoms with Crippen LogP contribution >= 0.6 is 0 Å². The Kier molecular flexibility index (Phi) is 5.02. The number of para-hydroxylation sites is 1. The Balaban J connectivity index is 2.08. The molecule has 0 saturated carbocycles. The van der Waals surface area contributed by atoms with Crippen LogP contribution in [0.5, 0.6) is 0 Å². The first-order valence-electron chi connectivity index (χ1n) is 7.52. The number of anilines is 2. The highest BCUT2D eigenvalue weighted by molar-refractivity contribution is 5.90. The number of nitrogens with zero attached hydrogens (tertiary/aromatic N) is 3. The molecular formula is C19H17N3O2. The van der Waals surface area contributed by atoms with E-state index in [0.29, 0.717) is 19.0 Å². The van der Waals surface area contributed by atoms with Gasteiger partial charge in [-0.05, 0) is 30.3 Å². The minimum Gasteiger partial charge on any atom is -0.382 e. The largest absolute Gasteiger partial charge is 0.382 e. The molecule has 0 radical (unpaired) electrons. The van der Waals surface area contributed by atoms with Gasteiger partial charge in [-0.15, -0.1) is 6.42 Å². The molecule has 0 bridgehead atoms. The van der Waals surface area contributed by atoms with Gasteiger partial charge in [-0.25, -0.2) is 15.0 Å². The van der Waals surface area contributed by atoms with E-state index >= 15 is 0 Å². The molecule has 3 aromatic rings. The molecule has 0 N–H and O–H groups in total. The zero-order valence-electron chi connectivity index (χ0n) is 13.3. The number of rotatable bonds is 6. The predicted octanol–water partition coefficient (Wildman–Crippen LogP) is 3.33. The van der Waals surface area contributed by atoms with E-state index in [4.69, 9.17) is 16.0 Å². The van der Waals surface area contributed by atoms with Crippen LogP contribution in [0.15, 0.2) is 54.9 Å². The number of terminal acetylenes is 1.